The Morgan fingerprint density at radius 2 is 0.549 bits per heavy atom. The molecule has 7 aromatic carbocycles. The van der Waals surface area contributed by atoms with E-state index in [2.05, 4.69) is 332 Å². The third-order valence-electron chi connectivity index (χ3n) is 17.0. The van der Waals surface area contributed by atoms with Gasteiger partial charge in [0.1, 0.15) is 0 Å². The number of rotatable bonds is 4. The van der Waals surface area contributed by atoms with Crippen molar-refractivity contribution < 1.29 is 0 Å². The van der Waals surface area contributed by atoms with Crippen molar-refractivity contribution in [1.82, 2.24) is 0 Å². The van der Waals surface area contributed by atoms with Crippen LogP contribution in [0.1, 0.15) is 203 Å². The maximum Gasteiger partial charge on any atom is 0.243 e. The van der Waals surface area contributed by atoms with E-state index in [1.165, 1.54) is 88.4 Å². The predicted molar refractivity (Wildman–Crippen MR) is 365 cm³/mol. The molecule has 0 spiro atoms. The van der Waals surface area contributed by atoms with E-state index in [-0.39, 0.29) is 45.9 Å². The molecule has 0 N–H and O–H groups in total. The van der Waals surface area contributed by atoms with Crippen LogP contribution in [0.5, 0.6) is 0 Å². The van der Waals surface area contributed by atoms with Gasteiger partial charge in [0, 0.05) is 61.8 Å². The topological polar surface area (TPSA) is 6.48 Å². The summed E-state index contributed by atoms with van der Waals surface area (Å²) in [7, 11) is 8.30. The minimum absolute atomic E-state index is 0.0506. The van der Waals surface area contributed by atoms with Crippen LogP contribution in [-0.2, 0) is 32.5 Å². The summed E-state index contributed by atoms with van der Waals surface area (Å²) in [5, 5.41) is 0. The monoisotopic (exact) mass is 1080 g/mol. The van der Waals surface area contributed by atoms with E-state index in [9.17, 15) is 0 Å². The fourth-order valence-electron chi connectivity index (χ4n) is 12.1. The average Bonchev–Trinajstić information content (AvgIpc) is 3.00. The molecule has 0 atom stereocenters. The first-order valence-corrected chi connectivity index (χ1v) is 29.9. The van der Waals surface area contributed by atoms with Crippen LogP contribution in [0.2, 0.25) is 0 Å². The normalized spacial score (nSPS) is 13.4. The number of hydrogen-bond donors (Lipinski definition) is 0. The van der Waals surface area contributed by atoms with Gasteiger partial charge in [0.2, 0.25) is 13.4 Å². The second-order valence-corrected chi connectivity index (χ2v) is 30.2. The Labute approximate surface area is 497 Å². The van der Waals surface area contributed by atoms with Gasteiger partial charge in [-0.15, -0.1) is 0 Å². The van der Waals surface area contributed by atoms with Crippen molar-refractivity contribution in [3.63, 3.8) is 0 Å². The zero-order chi connectivity index (χ0) is 59.8. The third-order valence-corrected chi connectivity index (χ3v) is 17.0. The van der Waals surface area contributed by atoms with Crippen molar-refractivity contribution in [2.75, 3.05) is 38.0 Å². The van der Waals surface area contributed by atoms with Gasteiger partial charge in [-0.3, -0.25) is 0 Å². The lowest BCUT2D eigenvalue weighted by Crippen LogP contribution is -2.61. The van der Waals surface area contributed by atoms with Gasteiger partial charge >= 0.3 is 0 Å². The minimum Gasteiger partial charge on any atom is -0.378 e. The zero-order valence-corrected chi connectivity index (χ0v) is 53.9. The van der Waals surface area contributed by atoms with Crippen molar-refractivity contribution in [1.29, 1.82) is 0 Å². The summed E-state index contributed by atoms with van der Waals surface area (Å²) in [6.45, 7) is 43.0. The molecule has 0 aromatic heterocycles. The molecule has 0 fully saturated rings. The van der Waals surface area contributed by atoms with E-state index in [1.54, 1.807) is 0 Å². The van der Waals surface area contributed by atoms with Crippen LogP contribution in [0.4, 0.5) is 11.4 Å². The van der Waals surface area contributed by atoms with Gasteiger partial charge in [-0.2, -0.15) is 0 Å². The van der Waals surface area contributed by atoms with Crippen LogP contribution in [0.15, 0.2) is 121 Å². The van der Waals surface area contributed by atoms with Crippen LogP contribution in [0, 0.1) is 23.7 Å². The summed E-state index contributed by atoms with van der Waals surface area (Å²) in [5.41, 5.74) is 26.9. The molecule has 2 aliphatic rings. The summed E-state index contributed by atoms with van der Waals surface area (Å²) in [4.78, 5) is 4.25. The molecule has 2 nitrogen and oxygen atoms in total. The Hall–Kier alpha value is -7.13. The van der Waals surface area contributed by atoms with E-state index >= 15 is 0 Å². The summed E-state index contributed by atoms with van der Waals surface area (Å²) in [5.74, 6) is 14.2. The molecular formula is C78H90B2N2. The van der Waals surface area contributed by atoms with E-state index in [4.69, 9.17) is 0 Å². The first kappa shape index (κ1) is 59.5. The first-order chi connectivity index (χ1) is 38.1. The number of fused-ring (bicyclic) bond motifs is 4. The van der Waals surface area contributed by atoms with Crippen molar-refractivity contribution in [3.8, 4) is 23.7 Å². The quantitative estimate of drug-likeness (QED) is 0.128. The first-order valence-electron chi connectivity index (χ1n) is 29.9. The molecule has 9 rings (SSSR count). The average molecular weight is 1080 g/mol. The molecular weight excluding hydrogens is 986 g/mol. The number of hydrogen-bond acceptors (Lipinski definition) is 2. The third kappa shape index (κ3) is 12.3. The lowest BCUT2D eigenvalue weighted by molar-refractivity contribution is 0.552. The Morgan fingerprint density at radius 3 is 0.817 bits per heavy atom. The van der Waals surface area contributed by atoms with Gasteiger partial charge in [0.05, 0.1) is 0 Å². The fourth-order valence-corrected chi connectivity index (χ4v) is 12.1. The Bertz CT molecular complexity index is 3480. The van der Waals surface area contributed by atoms with Crippen molar-refractivity contribution in [2.24, 2.45) is 0 Å². The number of benzene rings is 7. The van der Waals surface area contributed by atoms with E-state index in [0.717, 1.165) is 33.6 Å². The molecule has 0 aliphatic carbocycles. The highest BCUT2D eigenvalue weighted by Gasteiger charge is 2.42. The molecule has 2 heterocycles. The molecule has 2 aliphatic heterocycles. The molecule has 0 amide bonds. The van der Waals surface area contributed by atoms with Crippen molar-refractivity contribution in [2.45, 2.75) is 157 Å². The van der Waals surface area contributed by atoms with Crippen LogP contribution >= 0.6 is 0 Å². The fraction of sp³-hybridized carbons (Fsp3) is 0.359. The second-order valence-electron chi connectivity index (χ2n) is 30.2. The van der Waals surface area contributed by atoms with Crippen LogP contribution in [0.25, 0.3) is 24.3 Å². The molecule has 0 radical (unpaired) electrons. The van der Waals surface area contributed by atoms with Crippen molar-refractivity contribution >= 4 is 81.9 Å². The van der Waals surface area contributed by atoms with Gasteiger partial charge < -0.3 is 9.80 Å². The van der Waals surface area contributed by atoms with Crippen LogP contribution in [0.3, 0.4) is 0 Å². The summed E-state index contributed by atoms with van der Waals surface area (Å²) >= 11 is 0. The molecule has 0 saturated heterocycles. The minimum atomic E-state index is -0.172. The van der Waals surface area contributed by atoms with E-state index in [0.29, 0.717) is 0 Å². The molecule has 0 bridgehead atoms. The second kappa shape index (κ2) is 21.6. The van der Waals surface area contributed by atoms with Crippen LogP contribution in [-0.4, -0.2) is 41.6 Å². The van der Waals surface area contributed by atoms with Gasteiger partial charge in [0.15, 0.2) is 0 Å². The largest absolute Gasteiger partial charge is 0.378 e. The van der Waals surface area contributed by atoms with Gasteiger partial charge in [0.25, 0.3) is 0 Å². The molecule has 4 heteroatoms. The molecule has 0 unspecified atom stereocenters. The number of nitrogens with zero attached hydrogens (tertiary/aromatic N) is 2. The SMILES string of the molecule is CN(C)c1ccc(C#Cc2ccc3c(c2)C=Cc2cc4c(cc2B3c2c(C(C)(C)C)cc(C(C)(C)C)cc2C(C)(C)C)B(c2c(C(C)(C)C)cc(C(C)(C)C)cc2C(C)(C)C)c2ccc(C#Cc3ccc(N(C)C)cc3)cc2C=C4)cc1. The Kier molecular flexibility index (Phi) is 15.6. The van der Waals surface area contributed by atoms with Crippen molar-refractivity contribution in [3.05, 3.63) is 199 Å². The van der Waals surface area contributed by atoms with Gasteiger partial charge in [-0.05, 0) is 167 Å². The lowest BCUT2D eigenvalue weighted by Gasteiger charge is -2.37. The summed E-state index contributed by atoms with van der Waals surface area (Å²) in [6, 6.07) is 46.6. The highest BCUT2D eigenvalue weighted by Crippen LogP contribution is 2.37. The van der Waals surface area contributed by atoms with Crippen LogP contribution < -0.4 is 42.6 Å². The molecule has 82 heavy (non-hydrogen) atoms. The zero-order valence-electron chi connectivity index (χ0n) is 53.9. The maximum absolute atomic E-state index is 3.59. The predicted octanol–water partition coefficient (Wildman–Crippen LogP) is 14.4. The number of anilines is 2. The molecule has 0 saturated carbocycles. The summed E-state index contributed by atoms with van der Waals surface area (Å²) in [6.07, 6.45) is 9.56. The highest BCUT2D eigenvalue weighted by atomic mass is 15.1. The van der Waals surface area contributed by atoms with Gasteiger partial charge in [-0.25, -0.2) is 0 Å². The lowest BCUT2D eigenvalue weighted by atomic mass is 9.30. The molecule has 7 aromatic rings. The highest BCUT2D eigenvalue weighted by molar-refractivity contribution is 7.00. The summed E-state index contributed by atoms with van der Waals surface area (Å²) < 4.78 is 0. The maximum atomic E-state index is 3.59. The Morgan fingerprint density at radius 1 is 0.280 bits per heavy atom. The standard InChI is InChI=1S/C78H90B2N2/c1-73(2,3)59-46-63(75(7,8)9)71(64(47-59)76(10,11)12)79-67-41-31-53(25-23-51-27-37-61(38-28-51)81(19)20)43-55(67)33-35-57-45-58-36-34-56-44-54(26-24-52-29-39-62(40-30-52)82(21)22)32-42-68(56)80(70(58)50-69(57)79)72-65(77(13,14)15)48-60(74(4,5)6)49-66(72)78(16,17)18/h27-50H,1-22H3. The van der Waals surface area contributed by atoms with Gasteiger partial charge in [-0.1, -0.05) is 248 Å². The van der Waals surface area contributed by atoms with E-state index in [1.807, 2.05) is 0 Å². The molecule has 418 valence electrons. The Balaban J connectivity index is 1.38. The smallest absolute Gasteiger partial charge is 0.243 e. The van der Waals surface area contributed by atoms with E-state index < -0.39 is 0 Å².